The predicted octanol–water partition coefficient (Wildman–Crippen LogP) is 6.55. The maximum absolute atomic E-state index is 3.51. The third kappa shape index (κ3) is 16.6. The highest BCUT2D eigenvalue weighted by atomic mass is 79.9. The van der Waals surface area contributed by atoms with E-state index in [0.717, 1.165) is 0 Å². The monoisotopic (exact) mass is 362 g/mol. The Bertz CT molecular complexity index is 204. The predicted molar refractivity (Wildman–Crippen MR) is 101 cm³/mol. The third-order valence-corrected chi connectivity index (χ3v) is 5.07. The molecule has 0 bridgehead atoms. The molecule has 0 radical (unpaired) electrons. The van der Waals surface area contributed by atoms with E-state index in [1.807, 2.05) is 0 Å². The van der Waals surface area contributed by atoms with E-state index in [2.05, 4.69) is 36.9 Å². The Hall–Kier alpha value is 0.440. The second-order valence-electron chi connectivity index (χ2n) is 7.31. The van der Waals surface area contributed by atoms with Crippen LogP contribution in [0.2, 0.25) is 0 Å². The highest BCUT2D eigenvalue weighted by Crippen LogP contribution is 2.12. The summed E-state index contributed by atoms with van der Waals surface area (Å²) in [6.07, 6.45) is 18.5. The van der Waals surface area contributed by atoms with Gasteiger partial charge in [0.2, 0.25) is 0 Å². The lowest BCUT2D eigenvalue weighted by molar-refractivity contribution is -0.890. The van der Waals surface area contributed by atoms with Gasteiger partial charge >= 0.3 is 0 Å². The highest BCUT2D eigenvalue weighted by molar-refractivity contribution is 9.09. The summed E-state index contributed by atoms with van der Waals surface area (Å²) in [7, 11) is 4.81. The first-order valence-electron chi connectivity index (χ1n) is 9.50. The normalized spacial score (nSPS) is 12.0. The van der Waals surface area contributed by atoms with Crippen LogP contribution in [0, 0.1) is 0 Å². The molecule has 0 fully saturated rings. The summed E-state index contributed by atoms with van der Waals surface area (Å²) in [5.74, 6) is 0. The zero-order valence-electron chi connectivity index (χ0n) is 15.1. The summed E-state index contributed by atoms with van der Waals surface area (Å²) in [4.78, 5) is 0. The van der Waals surface area contributed by atoms with Gasteiger partial charge in [0, 0.05) is 5.33 Å². The Kier molecular flexibility index (Phi) is 15.7. The van der Waals surface area contributed by atoms with Gasteiger partial charge in [0.05, 0.1) is 27.2 Å². The van der Waals surface area contributed by atoms with Crippen molar-refractivity contribution in [2.75, 3.05) is 32.5 Å². The SMILES string of the molecule is CCCCCCCCCCCC[N+](C)(C)CCCCCBr. The van der Waals surface area contributed by atoms with Gasteiger partial charge in [-0.3, -0.25) is 0 Å². The number of unbranched alkanes of at least 4 members (excludes halogenated alkanes) is 11. The highest BCUT2D eigenvalue weighted by Gasteiger charge is 2.13. The fourth-order valence-corrected chi connectivity index (χ4v) is 3.35. The van der Waals surface area contributed by atoms with Gasteiger partial charge in [-0.2, -0.15) is 0 Å². The van der Waals surface area contributed by atoms with Gasteiger partial charge in [-0.05, 0) is 32.1 Å². The van der Waals surface area contributed by atoms with E-state index >= 15 is 0 Å². The van der Waals surface area contributed by atoms with Crippen LogP contribution >= 0.6 is 15.9 Å². The fraction of sp³-hybridized carbons (Fsp3) is 1.00. The van der Waals surface area contributed by atoms with Gasteiger partial charge in [0.15, 0.2) is 0 Å². The van der Waals surface area contributed by atoms with Crippen LogP contribution in [0.25, 0.3) is 0 Å². The second kappa shape index (κ2) is 15.3. The number of hydrogen-bond donors (Lipinski definition) is 0. The van der Waals surface area contributed by atoms with Crippen molar-refractivity contribution in [1.82, 2.24) is 0 Å². The van der Waals surface area contributed by atoms with Gasteiger partial charge < -0.3 is 4.48 Å². The van der Waals surface area contributed by atoms with Crippen LogP contribution in [-0.2, 0) is 0 Å². The maximum atomic E-state index is 3.51. The summed E-state index contributed by atoms with van der Waals surface area (Å²) in [5.41, 5.74) is 0. The van der Waals surface area contributed by atoms with Gasteiger partial charge in [-0.1, -0.05) is 74.2 Å². The Balaban J connectivity index is 3.28. The number of nitrogens with zero attached hydrogens (tertiary/aromatic N) is 1. The first-order valence-corrected chi connectivity index (χ1v) is 10.6. The molecule has 0 aliphatic rings. The molecule has 0 spiro atoms. The standard InChI is InChI=1S/C19H41BrN/c1-4-5-6-7-8-9-10-11-12-15-18-21(2,3)19-16-13-14-17-20/h4-19H2,1-3H3/q+1. The minimum atomic E-state index is 1.17. The van der Waals surface area contributed by atoms with Gasteiger partial charge in [-0.25, -0.2) is 0 Å². The van der Waals surface area contributed by atoms with E-state index in [0.29, 0.717) is 0 Å². The average molecular weight is 363 g/mol. The number of quaternary nitrogens is 1. The van der Waals surface area contributed by atoms with E-state index in [-0.39, 0.29) is 0 Å². The molecule has 0 saturated heterocycles. The smallest absolute Gasteiger partial charge is 0.0782 e. The second-order valence-corrected chi connectivity index (χ2v) is 8.11. The number of alkyl halides is 1. The molecule has 0 aromatic carbocycles. The summed E-state index contributed by atoms with van der Waals surface area (Å²) >= 11 is 3.51. The minimum absolute atomic E-state index is 1.17. The zero-order valence-corrected chi connectivity index (χ0v) is 16.7. The molecular weight excluding hydrogens is 322 g/mol. The molecule has 0 aromatic rings. The lowest BCUT2D eigenvalue weighted by atomic mass is 10.1. The van der Waals surface area contributed by atoms with Gasteiger partial charge in [-0.15, -0.1) is 0 Å². The van der Waals surface area contributed by atoms with Crippen LogP contribution in [0.15, 0.2) is 0 Å². The molecule has 1 nitrogen and oxygen atoms in total. The molecule has 0 aromatic heterocycles. The molecule has 0 saturated carbocycles. The molecule has 21 heavy (non-hydrogen) atoms. The van der Waals surface area contributed by atoms with Crippen molar-refractivity contribution in [2.24, 2.45) is 0 Å². The molecule has 0 aliphatic carbocycles. The molecule has 2 heteroatoms. The lowest BCUT2D eigenvalue weighted by Crippen LogP contribution is -2.41. The quantitative estimate of drug-likeness (QED) is 0.166. The Labute approximate surface area is 143 Å². The van der Waals surface area contributed by atoms with E-state index in [1.165, 1.54) is 106 Å². The van der Waals surface area contributed by atoms with E-state index < -0.39 is 0 Å². The summed E-state index contributed by atoms with van der Waals surface area (Å²) in [5, 5.41) is 1.17. The minimum Gasteiger partial charge on any atom is -0.328 e. The Morgan fingerprint density at radius 1 is 0.571 bits per heavy atom. The summed E-state index contributed by atoms with van der Waals surface area (Å²) < 4.78 is 1.22. The molecule has 0 aliphatic heterocycles. The largest absolute Gasteiger partial charge is 0.328 e. The number of hydrogen-bond acceptors (Lipinski definition) is 0. The van der Waals surface area contributed by atoms with Crippen LogP contribution in [-0.4, -0.2) is 37.0 Å². The van der Waals surface area contributed by atoms with Crippen molar-refractivity contribution < 1.29 is 4.48 Å². The van der Waals surface area contributed by atoms with Crippen LogP contribution in [0.1, 0.15) is 90.4 Å². The average Bonchev–Trinajstić information content (AvgIpc) is 2.45. The summed E-state index contributed by atoms with van der Waals surface area (Å²) in [6, 6.07) is 0. The third-order valence-electron chi connectivity index (χ3n) is 4.51. The molecule has 0 heterocycles. The van der Waals surface area contributed by atoms with Gasteiger partial charge in [0.25, 0.3) is 0 Å². The Morgan fingerprint density at radius 2 is 0.952 bits per heavy atom. The van der Waals surface area contributed by atoms with Crippen molar-refractivity contribution >= 4 is 15.9 Å². The fourth-order valence-electron chi connectivity index (χ4n) is 2.95. The van der Waals surface area contributed by atoms with Crippen LogP contribution < -0.4 is 0 Å². The van der Waals surface area contributed by atoms with Crippen molar-refractivity contribution in [2.45, 2.75) is 90.4 Å². The maximum Gasteiger partial charge on any atom is 0.0782 e. The first kappa shape index (κ1) is 21.4. The van der Waals surface area contributed by atoms with Crippen molar-refractivity contribution in [3.8, 4) is 0 Å². The molecular formula is C19H41BrN+. The topological polar surface area (TPSA) is 0 Å². The van der Waals surface area contributed by atoms with Crippen molar-refractivity contribution in [3.63, 3.8) is 0 Å². The molecule has 0 unspecified atom stereocenters. The number of rotatable bonds is 16. The molecule has 0 atom stereocenters. The van der Waals surface area contributed by atoms with E-state index in [1.54, 1.807) is 0 Å². The van der Waals surface area contributed by atoms with Crippen LogP contribution in [0.3, 0.4) is 0 Å². The molecule has 0 rings (SSSR count). The van der Waals surface area contributed by atoms with Gasteiger partial charge in [0.1, 0.15) is 0 Å². The Morgan fingerprint density at radius 3 is 1.38 bits per heavy atom. The van der Waals surface area contributed by atoms with Crippen LogP contribution in [0.4, 0.5) is 0 Å². The first-order chi connectivity index (χ1) is 10.1. The van der Waals surface area contributed by atoms with Crippen molar-refractivity contribution in [1.29, 1.82) is 0 Å². The number of halogens is 1. The lowest BCUT2D eigenvalue weighted by Gasteiger charge is -2.30. The van der Waals surface area contributed by atoms with E-state index in [4.69, 9.17) is 0 Å². The molecule has 0 N–H and O–H groups in total. The molecule has 0 amide bonds. The zero-order chi connectivity index (χ0) is 15.8. The summed E-state index contributed by atoms with van der Waals surface area (Å²) in [6.45, 7) is 5.01. The molecule has 128 valence electrons. The van der Waals surface area contributed by atoms with Crippen LogP contribution in [0.5, 0.6) is 0 Å². The van der Waals surface area contributed by atoms with E-state index in [9.17, 15) is 0 Å². The van der Waals surface area contributed by atoms with Crippen molar-refractivity contribution in [3.05, 3.63) is 0 Å².